The summed E-state index contributed by atoms with van der Waals surface area (Å²) in [5, 5.41) is 23.2. The Kier molecular flexibility index (Phi) is 48.2. The Labute approximate surface area is 353 Å². The summed E-state index contributed by atoms with van der Waals surface area (Å²) in [6.45, 7) is 4.39. The number of carbonyl (C=O) groups excluding carboxylic acids is 1. The highest BCUT2D eigenvalue weighted by Gasteiger charge is 2.20. The molecule has 0 rings (SSSR count). The maximum atomic E-state index is 12.4. The van der Waals surface area contributed by atoms with Crippen molar-refractivity contribution in [2.24, 2.45) is 0 Å². The first-order chi connectivity index (χ1) is 27.7. The fourth-order valence-corrected chi connectivity index (χ4v) is 8.60. The molecule has 2 atom stereocenters. The minimum Gasteiger partial charge on any atom is -0.394 e. The van der Waals surface area contributed by atoms with Crippen LogP contribution in [0.5, 0.6) is 0 Å². The zero-order chi connectivity index (χ0) is 40.7. The van der Waals surface area contributed by atoms with E-state index in [1.807, 2.05) is 0 Å². The van der Waals surface area contributed by atoms with Crippen molar-refractivity contribution in [3.05, 3.63) is 0 Å². The fourth-order valence-electron chi connectivity index (χ4n) is 8.60. The average molecular weight is 792 g/mol. The first-order valence-electron chi connectivity index (χ1n) is 26.2. The molecule has 0 aliphatic heterocycles. The van der Waals surface area contributed by atoms with Gasteiger partial charge in [-0.05, 0) is 12.8 Å². The molecule has 336 valence electrons. The lowest BCUT2D eigenvalue weighted by atomic mass is 10.0. The van der Waals surface area contributed by atoms with Gasteiger partial charge < -0.3 is 15.5 Å². The molecule has 0 saturated carbocycles. The first kappa shape index (κ1) is 55.4. The van der Waals surface area contributed by atoms with Gasteiger partial charge in [-0.3, -0.25) is 4.79 Å². The van der Waals surface area contributed by atoms with Crippen LogP contribution in [0, 0.1) is 0 Å². The SMILES string of the molecule is CCCCCCCCCCCCCCCCCCCCCCCCCCCCCCCCCC(=O)N[C@@H](CO)[C@H](O)CCCCCCCCCCCCCCC. The van der Waals surface area contributed by atoms with Crippen LogP contribution in [0.2, 0.25) is 0 Å². The van der Waals surface area contributed by atoms with E-state index in [4.69, 9.17) is 0 Å². The van der Waals surface area contributed by atoms with Crippen LogP contribution in [-0.4, -0.2) is 34.9 Å². The molecule has 0 fully saturated rings. The molecule has 4 nitrogen and oxygen atoms in total. The molecule has 56 heavy (non-hydrogen) atoms. The van der Waals surface area contributed by atoms with Crippen molar-refractivity contribution in [3.63, 3.8) is 0 Å². The third-order valence-corrected chi connectivity index (χ3v) is 12.6. The minimum atomic E-state index is -0.653. The molecule has 0 aromatic carbocycles. The third-order valence-electron chi connectivity index (χ3n) is 12.6. The first-order valence-corrected chi connectivity index (χ1v) is 26.2. The lowest BCUT2D eigenvalue weighted by Gasteiger charge is -2.22. The molecule has 4 heteroatoms. The van der Waals surface area contributed by atoms with Gasteiger partial charge in [-0.15, -0.1) is 0 Å². The van der Waals surface area contributed by atoms with E-state index in [0.717, 1.165) is 25.7 Å². The second-order valence-corrected chi connectivity index (χ2v) is 18.3. The highest BCUT2D eigenvalue weighted by molar-refractivity contribution is 5.76. The number of carbonyl (C=O) groups is 1. The summed E-state index contributed by atoms with van der Waals surface area (Å²) in [5.41, 5.74) is 0. The van der Waals surface area contributed by atoms with Gasteiger partial charge in [0.25, 0.3) is 0 Å². The highest BCUT2D eigenvalue weighted by Crippen LogP contribution is 2.18. The fraction of sp³-hybridized carbons (Fsp3) is 0.981. The number of amides is 1. The van der Waals surface area contributed by atoms with Crippen LogP contribution < -0.4 is 5.32 Å². The second kappa shape index (κ2) is 48.8. The molecule has 0 bridgehead atoms. The molecular weight excluding hydrogens is 687 g/mol. The molecule has 0 heterocycles. The van der Waals surface area contributed by atoms with Gasteiger partial charge in [0.15, 0.2) is 0 Å². The number of nitrogens with one attached hydrogen (secondary N) is 1. The molecule has 3 N–H and O–H groups in total. The Hall–Kier alpha value is -0.610. The van der Waals surface area contributed by atoms with E-state index in [-0.39, 0.29) is 12.5 Å². The van der Waals surface area contributed by atoms with E-state index < -0.39 is 12.1 Å². The molecule has 0 saturated heterocycles. The van der Waals surface area contributed by atoms with Crippen molar-refractivity contribution in [2.75, 3.05) is 6.61 Å². The normalized spacial score (nSPS) is 12.7. The zero-order valence-electron chi connectivity index (χ0n) is 38.7. The predicted octanol–water partition coefficient (Wildman–Crippen LogP) is 16.8. The molecule has 0 aliphatic carbocycles. The number of unbranched alkanes of at least 4 members (excludes halogenated alkanes) is 42. The van der Waals surface area contributed by atoms with Crippen molar-refractivity contribution in [1.29, 1.82) is 0 Å². The quantitative estimate of drug-likeness (QED) is 0.0538. The molecule has 0 aromatic rings. The number of rotatable bonds is 49. The van der Waals surface area contributed by atoms with E-state index in [2.05, 4.69) is 19.2 Å². The molecule has 0 aromatic heterocycles. The van der Waals surface area contributed by atoms with Crippen LogP contribution in [0.25, 0.3) is 0 Å². The van der Waals surface area contributed by atoms with E-state index >= 15 is 0 Å². The number of hydrogen-bond donors (Lipinski definition) is 3. The number of aliphatic hydroxyl groups excluding tert-OH is 2. The lowest BCUT2D eigenvalue weighted by molar-refractivity contribution is -0.123. The summed E-state index contributed by atoms with van der Waals surface area (Å²) >= 11 is 0. The summed E-state index contributed by atoms with van der Waals surface area (Å²) < 4.78 is 0. The van der Waals surface area contributed by atoms with Crippen molar-refractivity contribution < 1.29 is 15.0 Å². The zero-order valence-corrected chi connectivity index (χ0v) is 38.7. The van der Waals surface area contributed by atoms with Crippen LogP contribution >= 0.6 is 0 Å². The molecular formula is C52H105NO3. The van der Waals surface area contributed by atoms with Gasteiger partial charge in [-0.2, -0.15) is 0 Å². The minimum absolute atomic E-state index is 0.0242. The lowest BCUT2D eigenvalue weighted by Crippen LogP contribution is -2.45. The largest absolute Gasteiger partial charge is 0.394 e. The van der Waals surface area contributed by atoms with Crippen LogP contribution in [-0.2, 0) is 4.79 Å². The Morgan fingerprint density at radius 1 is 0.357 bits per heavy atom. The van der Waals surface area contributed by atoms with Gasteiger partial charge in [0.05, 0.1) is 18.8 Å². The van der Waals surface area contributed by atoms with Crippen molar-refractivity contribution in [1.82, 2.24) is 5.32 Å². The smallest absolute Gasteiger partial charge is 0.220 e. The van der Waals surface area contributed by atoms with Crippen LogP contribution in [0.3, 0.4) is 0 Å². The molecule has 0 aliphatic rings. The van der Waals surface area contributed by atoms with Crippen LogP contribution in [0.15, 0.2) is 0 Å². The van der Waals surface area contributed by atoms with E-state index in [0.29, 0.717) is 12.8 Å². The standard InChI is InChI=1S/C52H105NO3/c1-3-5-7-9-11-13-15-17-18-19-20-21-22-23-24-25-26-27-28-29-30-31-32-33-34-36-38-40-42-44-46-48-52(56)53-50(49-54)51(55)47-45-43-41-39-37-35-16-14-12-10-8-6-4-2/h50-51,54-55H,3-49H2,1-2H3,(H,53,56)/t50-,51+/m0/s1. The highest BCUT2D eigenvalue weighted by atomic mass is 16.3. The van der Waals surface area contributed by atoms with Gasteiger partial charge in [-0.1, -0.05) is 290 Å². The van der Waals surface area contributed by atoms with Gasteiger partial charge in [-0.25, -0.2) is 0 Å². The van der Waals surface area contributed by atoms with Crippen LogP contribution in [0.1, 0.15) is 309 Å². The maximum Gasteiger partial charge on any atom is 0.220 e. The molecule has 0 spiro atoms. The molecule has 0 radical (unpaired) electrons. The Morgan fingerprint density at radius 2 is 0.571 bits per heavy atom. The molecule has 0 unspecified atom stereocenters. The Morgan fingerprint density at radius 3 is 0.804 bits per heavy atom. The maximum absolute atomic E-state index is 12.4. The van der Waals surface area contributed by atoms with E-state index in [9.17, 15) is 15.0 Å². The van der Waals surface area contributed by atoms with Crippen molar-refractivity contribution >= 4 is 5.91 Å². The topological polar surface area (TPSA) is 69.6 Å². The van der Waals surface area contributed by atoms with Gasteiger partial charge >= 0.3 is 0 Å². The predicted molar refractivity (Wildman–Crippen MR) is 249 cm³/mol. The summed E-state index contributed by atoms with van der Waals surface area (Å²) in [5.74, 6) is -0.0242. The van der Waals surface area contributed by atoms with Gasteiger partial charge in [0, 0.05) is 6.42 Å². The monoisotopic (exact) mass is 792 g/mol. The van der Waals surface area contributed by atoms with Crippen molar-refractivity contribution in [3.8, 4) is 0 Å². The average Bonchev–Trinajstić information content (AvgIpc) is 3.20. The molecule has 1 amide bonds. The van der Waals surface area contributed by atoms with E-state index in [1.54, 1.807) is 0 Å². The Balaban J connectivity index is 3.35. The van der Waals surface area contributed by atoms with Crippen LogP contribution in [0.4, 0.5) is 0 Å². The summed E-state index contributed by atoms with van der Waals surface area (Å²) in [6, 6.07) is -0.529. The second-order valence-electron chi connectivity index (χ2n) is 18.3. The van der Waals surface area contributed by atoms with Gasteiger partial charge in [0.2, 0.25) is 5.91 Å². The Bertz CT molecular complexity index is 729. The van der Waals surface area contributed by atoms with E-state index in [1.165, 1.54) is 257 Å². The van der Waals surface area contributed by atoms with Crippen molar-refractivity contribution in [2.45, 2.75) is 321 Å². The summed E-state index contributed by atoms with van der Waals surface area (Å²) in [4.78, 5) is 12.4. The van der Waals surface area contributed by atoms with Gasteiger partial charge in [0.1, 0.15) is 0 Å². The third kappa shape index (κ3) is 44.5. The summed E-state index contributed by atoms with van der Waals surface area (Å²) in [7, 11) is 0. The summed E-state index contributed by atoms with van der Waals surface area (Å²) in [6.07, 6.45) is 60.9. The number of aliphatic hydroxyl groups is 2. The number of hydrogen-bond acceptors (Lipinski definition) is 3.